The number of H-pyrrole nitrogens is 1. The maximum absolute atomic E-state index is 13.7. The molecule has 3 aromatic rings. The number of nitrogens with zero attached hydrogens (tertiary/aromatic N) is 4. The van der Waals surface area contributed by atoms with E-state index in [1.54, 1.807) is 0 Å². The summed E-state index contributed by atoms with van der Waals surface area (Å²) in [6.07, 6.45) is 5.12. The number of amides is 2. The minimum atomic E-state index is -0.716. The van der Waals surface area contributed by atoms with Gasteiger partial charge in [-0.1, -0.05) is 30.3 Å². The summed E-state index contributed by atoms with van der Waals surface area (Å²) >= 11 is 0. The van der Waals surface area contributed by atoms with Crippen molar-refractivity contribution in [2.45, 2.75) is 31.2 Å². The molecule has 1 aromatic heterocycles. The molecule has 0 unspecified atom stereocenters. The highest BCUT2D eigenvalue weighted by Gasteiger charge is 2.50. The van der Waals surface area contributed by atoms with E-state index in [-0.39, 0.29) is 23.7 Å². The lowest BCUT2D eigenvalue weighted by Gasteiger charge is -2.41. The fourth-order valence-electron chi connectivity index (χ4n) is 5.73. The van der Waals surface area contributed by atoms with Gasteiger partial charge in [0.05, 0.1) is 11.7 Å². The quantitative estimate of drug-likeness (QED) is 0.603. The van der Waals surface area contributed by atoms with Crippen LogP contribution in [0.1, 0.15) is 31.2 Å². The first kappa shape index (κ1) is 21.7. The lowest BCUT2D eigenvalue weighted by atomic mass is 9.90. The average molecular weight is 484 g/mol. The number of likely N-dealkylation sites (tertiary alicyclic amines) is 1. The lowest BCUT2D eigenvalue weighted by molar-refractivity contribution is -0.140. The number of hydrogen-bond acceptors (Lipinski definition) is 5. The van der Waals surface area contributed by atoms with Crippen molar-refractivity contribution in [1.29, 1.82) is 0 Å². The normalized spacial score (nSPS) is 21.8. The average Bonchev–Trinajstić information content (AvgIpc) is 3.58. The Morgan fingerprint density at radius 2 is 1.75 bits per heavy atom. The van der Waals surface area contributed by atoms with Gasteiger partial charge in [-0.2, -0.15) is 5.10 Å². The van der Waals surface area contributed by atoms with Gasteiger partial charge in [0, 0.05) is 68.5 Å². The fourth-order valence-corrected chi connectivity index (χ4v) is 5.73. The Labute approximate surface area is 209 Å². The van der Waals surface area contributed by atoms with E-state index in [1.165, 1.54) is 0 Å². The smallest absolute Gasteiger partial charge is 0.256 e. The third kappa shape index (κ3) is 3.63. The summed E-state index contributed by atoms with van der Waals surface area (Å²) in [5.41, 5.74) is 3.47. The molecule has 0 bridgehead atoms. The molecule has 7 rings (SSSR count). The molecule has 2 aromatic carbocycles. The summed E-state index contributed by atoms with van der Waals surface area (Å²) in [6.45, 7) is 3.18. The van der Waals surface area contributed by atoms with Gasteiger partial charge < -0.3 is 9.64 Å². The Hall–Kier alpha value is -3.52. The number of fused-ring (bicyclic) bond motifs is 1. The van der Waals surface area contributed by atoms with Gasteiger partial charge in [0.2, 0.25) is 5.91 Å². The van der Waals surface area contributed by atoms with E-state index >= 15 is 0 Å². The Balaban J connectivity index is 1.14. The van der Waals surface area contributed by atoms with E-state index in [0.29, 0.717) is 32.6 Å². The first-order chi connectivity index (χ1) is 17.6. The first-order valence-electron chi connectivity index (χ1n) is 12.9. The molecule has 2 amide bonds. The van der Waals surface area contributed by atoms with Crippen molar-refractivity contribution < 1.29 is 14.3 Å². The van der Waals surface area contributed by atoms with Crippen LogP contribution in [0.2, 0.25) is 0 Å². The second-order valence-electron chi connectivity index (χ2n) is 10.6. The van der Waals surface area contributed by atoms with E-state index in [9.17, 15) is 9.59 Å². The van der Waals surface area contributed by atoms with Crippen LogP contribution in [-0.2, 0) is 14.3 Å². The number of carbonyl (C=O) groups is 2. The molecule has 1 spiro atoms. The monoisotopic (exact) mass is 483 g/mol. The maximum atomic E-state index is 13.7. The van der Waals surface area contributed by atoms with Crippen LogP contribution in [0.4, 0.5) is 0 Å². The van der Waals surface area contributed by atoms with Gasteiger partial charge in [0.1, 0.15) is 11.4 Å². The predicted molar refractivity (Wildman–Crippen MR) is 135 cm³/mol. The predicted octanol–water partition coefficient (Wildman–Crippen LogP) is 3.24. The molecule has 8 heteroatoms. The van der Waals surface area contributed by atoms with E-state index in [4.69, 9.17) is 9.73 Å². The molecule has 0 radical (unpaired) electrons. The van der Waals surface area contributed by atoms with Crippen molar-refractivity contribution in [2.24, 2.45) is 16.8 Å². The number of hydrogen-bond donors (Lipinski definition) is 1. The largest absolute Gasteiger partial charge is 0.381 e. The van der Waals surface area contributed by atoms with Gasteiger partial charge in [-0.05, 0) is 36.1 Å². The molecule has 1 N–H and O–H groups in total. The van der Waals surface area contributed by atoms with Gasteiger partial charge >= 0.3 is 0 Å². The number of aromatic nitrogens is 2. The highest BCUT2D eigenvalue weighted by molar-refractivity contribution is 6.15. The number of ether oxygens (including phenoxy) is 1. The molecule has 2 saturated heterocycles. The first-order valence-corrected chi connectivity index (χ1v) is 12.9. The Morgan fingerprint density at radius 3 is 2.50 bits per heavy atom. The fraction of sp³-hybridized carbons (Fsp3) is 0.429. The molecule has 184 valence electrons. The molecular formula is C28H29N5O3. The molecule has 4 heterocycles. The standard InChI is InChI=1S/C28H29N5O3/c34-26(21-5-6-21)32-15-18(16-32)17-33-25(30-28(27(33)35)9-11-36-12-10-28)20-3-1-19(2-4-20)22-7-8-24-23(13-22)14-29-31-24/h1-4,7-8,13-14,18,21H,5-6,9-12,15-17H2,(H,29,31). The van der Waals surface area contributed by atoms with Crippen molar-refractivity contribution in [3.05, 3.63) is 54.2 Å². The van der Waals surface area contributed by atoms with Crippen LogP contribution in [0, 0.1) is 11.8 Å². The summed E-state index contributed by atoms with van der Waals surface area (Å²) in [6, 6.07) is 14.6. The van der Waals surface area contributed by atoms with E-state index in [1.807, 2.05) is 22.1 Å². The van der Waals surface area contributed by atoms with Crippen LogP contribution in [0.5, 0.6) is 0 Å². The van der Waals surface area contributed by atoms with E-state index in [0.717, 1.165) is 59.4 Å². The molecule has 0 atom stereocenters. The lowest BCUT2D eigenvalue weighted by Crippen LogP contribution is -2.56. The molecule has 8 nitrogen and oxygen atoms in total. The van der Waals surface area contributed by atoms with E-state index < -0.39 is 5.54 Å². The summed E-state index contributed by atoms with van der Waals surface area (Å²) in [4.78, 5) is 35.0. The summed E-state index contributed by atoms with van der Waals surface area (Å²) < 4.78 is 5.56. The summed E-state index contributed by atoms with van der Waals surface area (Å²) in [5, 5.41) is 8.18. The Bertz CT molecular complexity index is 1360. The molecule has 4 aliphatic rings. The van der Waals surface area contributed by atoms with Crippen LogP contribution in [0.3, 0.4) is 0 Å². The van der Waals surface area contributed by atoms with Gasteiger partial charge in [-0.15, -0.1) is 0 Å². The topological polar surface area (TPSA) is 90.9 Å². The van der Waals surface area contributed by atoms with Crippen molar-refractivity contribution in [1.82, 2.24) is 20.0 Å². The molecule has 36 heavy (non-hydrogen) atoms. The third-order valence-corrected chi connectivity index (χ3v) is 8.09. The highest BCUT2D eigenvalue weighted by atomic mass is 16.5. The SMILES string of the molecule is O=C(C1CC1)N1CC(CN2C(=O)C3(CCOCC3)N=C2c2ccc(-c3ccc4[nH]ncc4c3)cc2)C1. The number of benzene rings is 2. The van der Waals surface area contributed by atoms with Crippen LogP contribution >= 0.6 is 0 Å². The van der Waals surface area contributed by atoms with Crippen LogP contribution in [0.15, 0.2) is 53.7 Å². The van der Waals surface area contributed by atoms with Crippen molar-refractivity contribution in [3.8, 4) is 11.1 Å². The van der Waals surface area contributed by atoms with E-state index in [2.05, 4.69) is 46.6 Å². The minimum Gasteiger partial charge on any atom is -0.381 e. The summed E-state index contributed by atoms with van der Waals surface area (Å²) in [5.74, 6) is 1.67. The zero-order valence-corrected chi connectivity index (χ0v) is 20.2. The van der Waals surface area contributed by atoms with Crippen LogP contribution in [0.25, 0.3) is 22.0 Å². The van der Waals surface area contributed by atoms with Crippen LogP contribution < -0.4 is 0 Å². The summed E-state index contributed by atoms with van der Waals surface area (Å²) in [7, 11) is 0. The number of nitrogens with one attached hydrogen (secondary N) is 1. The van der Waals surface area contributed by atoms with Crippen molar-refractivity contribution in [3.63, 3.8) is 0 Å². The zero-order chi connectivity index (χ0) is 24.3. The molecule has 3 aliphatic heterocycles. The Morgan fingerprint density at radius 1 is 1.03 bits per heavy atom. The van der Waals surface area contributed by atoms with Gasteiger partial charge in [0.15, 0.2) is 0 Å². The second kappa shape index (κ2) is 8.27. The number of rotatable bonds is 5. The van der Waals surface area contributed by atoms with Gasteiger partial charge in [-0.3, -0.25) is 24.6 Å². The molecule has 1 saturated carbocycles. The molecular weight excluding hydrogens is 454 g/mol. The van der Waals surface area contributed by atoms with Gasteiger partial charge in [0.25, 0.3) is 5.91 Å². The second-order valence-corrected chi connectivity index (χ2v) is 10.6. The van der Waals surface area contributed by atoms with Gasteiger partial charge in [-0.25, -0.2) is 0 Å². The highest BCUT2D eigenvalue weighted by Crippen LogP contribution is 2.37. The van der Waals surface area contributed by atoms with Crippen LogP contribution in [-0.4, -0.2) is 76.0 Å². The number of amidine groups is 1. The third-order valence-electron chi connectivity index (χ3n) is 8.09. The number of aliphatic imine (C=N–C) groups is 1. The van der Waals surface area contributed by atoms with Crippen molar-refractivity contribution >= 4 is 28.6 Å². The molecule has 1 aliphatic carbocycles. The minimum absolute atomic E-state index is 0.0854. The number of aromatic amines is 1. The Kier molecular flexibility index (Phi) is 4.99. The zero-order valence-electron chi connectivity index (χ0n) is 20.2. The maximum Gasteiger partial charge on any atom is 0.256 e. The molecule has 3 fully saturated rings. The number of carbonyl (C=O) groups excluding carboxylic acids is 2. The van der Waals surface area contributed by atoms with Crippen molar-refractivity contribution in [2.75, 3.05) is 32.8 Å².